The van der Waals surface area contributed by atoms with E-state index in [0.717, 1.165) is 22.2 Å². The number of hydrogen-bond donors (Lipinski definition) is 1. The molecule has 0 radical (unpaired) electrons. The van der Waals surface area contributed by atoms with Gasteiger partial charge in [0.05, 0.1) is 29.5 Å². The molecule has 2 heterocycles. The van der Waals surface area contributed by atoms with E-state index in [0.29, 0.717) is 45.6 Å². The number of nitrogens with zero attached hydrogens (tertiary/aromatic N) is 3. The maximum absolute atomic E-state index is 13.4. The highest BCUT2D eigenvalue weighted by Gasteiger charge is 2.27. The highest BCUT2D eigenvalue weighted by atomic mass is 35.5. The number of aromatic nitrogens is 2. The van der Waals surface area contributed by atoms with Gasteiger partial charge in [-0.3, -0.25) is 19.1 Å². The molecule has 0 bridgehead atoms. The standard InChI is InChI=1S/C21H19ClN4O4S/c1-12-3-6-17(30-2)16(9-12)26-19(28)14-5-4-13(22)10-15(14)24-21(26)31-11-18(27)25-8-7-23-20(25)29/h3-6,9-10H,7-8,11H2,1-2H3,(H,23,29). The summed E-state index contributed by atoms with van der Waals surface area (Å²) in [7, 11) is 1.52. The molecule has 1 aliphatic heterocycles. The van der Waals surface area contributed by atoms with Crippen molar-refractivity contribution in [2.45, 2.75) is 12.1 Å². The van der Waals surface area contributed by atoms with Gasteiger partial charge in [-0.05, 0) is 42.8 Å². The van der Waals surface area contributed by atoms with E-state index >= 15 is 0 Å². The largest absolute Gasteiger partial charge is 0.495 e. The van der Waals surface area contributed by atoms with Gasteiger partial charge in [0, 0.05) is 18.1 Å². The van der Waals surface area contributed by atoms with Crippen LogP contribution in [0, 0.1) is 6.92 Å². The number of methoxy groups -OCH3 is 1. The molecule has 3 aromatic rings. The maximum Gasteiger partial charge on any atom is 0.324 e. The van der Waals surface area contributed by atoms with Crippen LogP contribution >= 0.6 is 23.4 Å². The van der Waals surface area contributed by atoms with Crippen LogP contribution in [-0.2, 0) is 4.79 Å². The third-order valence-corrected chi connectivity index (χ3v) is 6.02. The zero-order valence-corrected chi connectivity index (χ0v) is 18.4. The van der Waals surface area contributed by atoms with E-state index in [9.17, 15) is 14.4 Å². The summed E-state index contributed by atoms with van der Waals surface area (Å²) in [4.78, 5) is 43.5. The van der Waals surface area contributed by atoms with Crippen LogP contribution in [0.2, 0.25) is 5.02 Å². The first-order chi connectivity index (χ1) is 14.9. The summed E-state index contributed by atoms with van der Waals surface area (Å²) in [6.07, 6.45) is 0. The second-order valence-electron chi connectivity index (χ2n) is 6.94. The molecule has 1 fully saturated rings. The predicted octanol–water partition coefficient (Wildman–Crippen LogP) is 3.00. The number of imide groups is 1. The van der Waals surface area contributed by atoms with Crippen molar-refractivity contribution in [2.75, 3.05) is 26.0 Å². The zero-order valence-electron chi connectivity index (χ0n) is 16.8. The molecule has 0 saturated carbocycles. The Morgan fingerprint density at radius 2 is 2.06 bits per heavy atom. The molecular formula is C21H19ClN4O4S. The molecule has 160 valence electrons. The molecule has 1 saturated heterocycles. The first kappa shape index (κ1) is 21.2. The average Bonchev–Trinajstić information content (AvgIpc) is 3.17. The minimum atomic E-state index is -0.415. The van der Waals surface area contributed by atoms with Crippen LogP contribution in [-0.4, -0.2) is 52.3 Å². The molecule has 3 amide bonds. The molecule has 31 heavy (non-hydrogen) atoms. The second-order valence-corrected chi connectivity index (χ2v) is 8.32. The fraction of sp³-hybridized carbons (Fsp3) is 0.238. The van der Waals surface area contributed by atoms with Crippen LogP contribution in [0.3, 0.4) is 0 Å². The van der Waals surface area contributed by atoms with Crippen molar-refractivity contribution in [3.63, 3.8) is 0 Å². The van der Waals surface area contributed by atoms with Gasteiger partial charge < -0.3 is 10.1 Å². The lowest BCUT2D eigenvalue weighted by Crippen LogP contribution is -2.35. The molecule has 8 nitrogen and oxygen atoms in total. The molecule has 1 aromatic heterocycles. The molecule has 2 aromatic carbocycles. The Hall–Kier alpha value is -3.04. The normalized spacial score (nSPS) is 13.5. The van der Waals surface area contributed by atoms with Crippen LogP contribution in [0.4, 0.5) is 4.79 Å². The summed E-state index contributed by atoms with van der Waals surface area (Å²) in [6.45, 7) is 2.65. The summed E-state index contributed by atoms with van der Waals surface area (Å²) in [6, 6.07) is 9.93. The number of rotatable bonds is 5. The minimum absolute atomic E-state index is 0.0555. The van der Waals surface area contributed by atoms with Crippen LogP contribution in [0.25, 0.3) is 16.6 Å². The van der Waals surface area contributed by atoms with Crippen LogP contribution in [0.5, 0.6) is 5.75 Å². The molecule has 4 rings (SSSR count). The number of carbonyl (C=O) groups excluding carboxylic acids is 2. The minimum Gasteiger partial charge on any atom is -0.495 e. The van der Waals surface area contributed by atoms with Crippen LogP contribution in [0.15, 0.2) is 46.3 Å². The van der Waals surface area contributed by atoms with Gasteiger partial charge in [0.25, 0.3) is 5.56 Å². The maximum atomic E-state index is 13.4. The van der Waals surface area contributed by atoms with Gasteiger partial charge in [0.2, 0.25) is 5.91 Å². The Bertz CT molecular complexity index is 1260. The lowest BCUT2D eigenvalue weighted by Gasteiger charge is -2.17. The van der Waals surface area contributed by atoms with Crippen LogP contribution < -0.4 is 15.6 Å². The Balaban J connectivity index is 1.83. The number of halogens is 1. The molecule has 0 spiro atoms. The van der Waals surface area contributed by atoms with Crippen molar-refractivity contribution < 1.29 is 14.3 Å². The Labute approximate surface area is 187 Å². The quantitative estimate of drug-likeness (QED) is 0.466. The fourth-order valence-corrected chi connectivity index (χ4v) is 4.38. The number of fused-ring (bicyclic) bond motifs is 1. The number of ether oxygens (including phenoxy) is 1. The molecule has 0 atom stereocenters. The van der Waals surface area contributed by atoms with Crippen molar-refractivity contribution >= 4 is 46.2 Å². The van der Waals surface area contributed by atoms with E-state index in [1.807, 2.05) is 19.1 Å². The lowest BCUT2D eigenvalue weighted by atomic mass is 10.2. The number of benzene rings is 2. The molecule has 0 aliphatic carbocycles. The first-order valence-electron chi connectivity index (χ1n) is 9.47. The highest BCUT2D eigenvalue weighted by Crippen LogP contribution is 2.29. The lowest BCUT2D eigenvalue weighted by molar-refractivity contribution is -0.124. The molecular weight excluding hydrogens is 440 g/mol. The smallest absolute Gasteiger partial charge is 0.324 e. The first-order valence-corrected chi connectivity index (χ1v) is 10.8. The van der Waals surface area contributed by atoms with Crippen molar-refractivity contribution in [1.82, 2.24) is 19.8 Å². The third-order valence-electron chi connectivity index (χ3n) is 4.86. The monoisotopic (exact) mass is 458 g/mol. The molecule has 1 aliphatic rings. The third kappa shape index (κ3) is 4.11. The Morgan fingerprint density at radius 1 is 1.26 bits per heavy atom. The van der Waals surface area contributed by atoms with E-state index in [2.05, 4.69) is 10.3 Å². The summed E-state index contributed by atoms with van der Waals surface area (Å²) in [5, 5.41) is 3.75. The summed E-state index contributed by atoms with van der Waals surface area (Å²) >= 11 is 7.18. The Kier molecular flexibility index (Phi) is 5.88. The average molecular weight is 459 g/mol. The van der Waals surface area contributed by atoms with Gasteiger partial charge >= 0.3 is 6.03 Å². The number of amides is 3. The van der Waals surface area contributed by atoms with Crippen molar-refractivity contribution in [3.8, 4) is 11.4 Å². The SMILES string of the molecule is COc1ccc(C)cc1-n1c(SCC(=O)N2CCNC2=O)nc2cc(Cl)ccc2c1=O. The van der Waals surface area contributed by atoms with Crippen molar-refractivity contribution in [1.29, 1.82) is 0 Å². The van der Waals surface area contributed by atoms with E-state index in [-0.39, 0.29) is 17.2 Å². The number of aryl methyl sites for hydroxylation is 1. The van der Waals surface area contributed by atoms with Gasteiger partial charge in [-0.1, -0.05) is 29.4 Å². The highest BCUT2D eigenvalue weighted by molar-refractivity contribution is 7.99. The predicted molar refractivity (Wildman–Crippen MR) is 119 cm³/mol. The number of hydrogen-bond acceptors (Lipinski definition) is 6. The molecule has 0 unspecified atom stereocenters. The summed E-state index contributed by atoms with van der Waals surface area (Å²) < 4.78 is 6.91. The Morgan fingerprint density at radius 3 is 2.77 bits per heavy atom. The zero-order chi connectivity index (χ0) is 22.1. The van der Waals surface area contributed by atoms with E-state index in [1.165, 1.54) is 11.7 Å². The van der Waals surface area contributed by atoms with Crippen molar-refractivity contribution in [3.05, 3.63) is 57.3 Å². The van der Waals surface area contributed by atoms with Crippen LogP contribution in [0.1, 0.15) is 5.56 Å². The molecule has 1 N–H and O–H groups in total. The van der Waals surface area contributed by atoms with Gasteiger partial charge in [-0.15, -0.1) is 0 Å². The van der Waals surface area contributed by atoms with E-state index < -0.39 is 6.03 Å². The molecule has 10 heteroatoms. The van der Waals surface area contributed by atoms with Gasteiger partial charge in [-0.2, -0.15) is 0 Å². The second kappa shape index (κ2) is 8.60. The number of nitrogens with one attached hydrogen (secondary N) is 1. The van der Waals surface area contributed by atoms with Crippen molar-refractivity contribution in [2.24, 2.45) is 0 Å². The van der Waals surface area contributed by atoms with E-state index in [4.69, 9.17) is 16.3 Å². The number of thioether (sulfide) groups is 1. The van der Waals surface area contributed by atoms with E-state index in [1.54, 1.807) is 24.3 Å². The topological polar surface area (TPSA) is 93.5 Å². The summed E-state index contributed by atoms with van der Waals surface area (Å²) in [5.41, 5.74) is 1.57. The number of carbonyl (C=O) groups is 2. The fourth-order valence-electron chi connectivity index (χ4n) is 3.34. The van der Waals surface area contributed by atoms with Gasteiger partial charge in [0.1, 0.15) is 5.75 Å². The van der Waals surface area contributed by atoms with Gasteiger partial charge in [-0.25, -0.2) is 9.78 Å². The number of urea groups is 1. The summed E-state index contributed by atoms with van der Waals surface area (Å²) in [5.74, 6) is 0.0816. The van der Waals surface area contributed by atoms with Gasteiger partial charge in [0.15, 0.2) is 5.16 Å².